The quantitative estimate of drug-likeness (QED) is 0.220. The summed E-state index contributed by atoms with van der Waals surface area (Å²) in [6.45, 7) is 10.6. The van der Waals surface area contributed by atoms with Crippen LogP contribution in [-0.4, -0.2) is 48.0 Å². The second-order valence-electron chi connectivity index (χ2n) is 6.39. The predicted molar refractivity (Wildman–Crippen MR) is 126 cm³/mol. The summed E-state index contributed by atoms with van der Waals surface area (Å²) < 4.78 is 12.7. The minimum Gasteiger partial charge on any atom is -0.493 e. The van der Waals surface area contributed by atoms with Crippen LogP contribution in [0.5, 0.6) is 11.5 Å². The molecule has 0 aliphatic rings. The van der Waals surface area contributed by atoms with Crippen LogP contribution in [0.15, 0.2) is 41.7 Å². The van der Waals surface area contributed by atoms with Crippen molar-refractivity contribution >= 4 is 29.9 Å². The van der Waals surface area contributed by atoms with Crippen molar-refractivity contribution in [2.75, 3.05) is 27.3 Å². The first-order valence-corrected chi connectivity index (χ1v) is 9.31. The molecule has 29 heavy (non-hydrogen) atoms. The Morgan fingerprint density at radius 2 is 1.97 bits per heavy atom. The molecule has 1 aromatic carbocycles. The first-order chi connectivity index (χ1) is 13.6. The van der Waals surface area contributed by atoms with Crippen LogP contribution in [0.3, 0.4) is 0 Å². The van der Waals surface area contributed by atoms with Crippen LogP contribution in [0.1, 0.15) is 25.2 Å². The van der Waals surface area contributed by atoms with Crippen molar-refractivity contribution in [2.24, 2.45) is 4.99 Å². The predicted octanol–water partition coefficient (Wildman–Crippen LogP) is 2.79. The topological polar surface area (TPSA) is 85.6 Å². The molecule has 1 aromatic heterocycles. The van der Waals surface area contributed by atoms with Gasteiger partial charge in [0.2, 0.25) is 0 Å². The highest BCUT2D eigenvalue weighted by Crippen LogP contribution is 2.27. The minimum absolute atomic E-state index is 0. The standard InChI is InChI=1S/C20H30N6O2.HI/c1-6-19-25-24-14-26(19)10-9-21-20(22-12-15(2)3)23-13-16-7-8-17(27-4)18(11-16)28-5;/h7-8,11,14H,2,6,9-10,12-13H2,1,3-5H3,(H2,21,22,23);1H. The molecule has 0 aliphatic heterocycles. The number of benzene rings is 1. The Kier molecular flexibility index (Phi) is 11.1. The molecule has 9 heteroatoms. The molecule has 1 heterocycles. The zero-order valence-corrected chi connectivity index (χ0v) is 19.9. The molecule has 0 radical (unpaired) electrons. The molecule has 0 fully saturated rings. The van der Waals surface area contributed by atoms with Crippen LogP contribution in [0.4, 0.5) is 0 Å². The van der Waals surface area contributed by atoms with Gasteiger partial charge in [0.1, 0.15) is 12.2 Å². The maximum absolute atomic E-state index is 5.36. The molecule has 2 N–H and O–H groups in total. The highest BCUT2D eigenvalue weighted by atomic mass is 127. The van der Waals surface area contributed by atoms with Gasteiger partial charge in [0.25, 0.3) is 0 Å². The third-order valence-corrected chi connectivity index (χ3v) is 4.08. The maximum Gasteiger partial charge on any atom is 0.191 e. The number of nitrogens with one attached hydrogen (secondary N) is 2. The molecule has 0 unspecified atom stereocenters. The van der Waals surface area contributed by atoms with Gasteiger partial charge in [-0.05, 0) is 24.6 Å². The maximum atomic E-state index is 5.36. The van der Waals surface area contributed by atoms with Crippen LogP contribution in [-0.2, 0) is 19.5 Å². The van der Waals surface area contributed by atoms with Gasteiger partial charge in [-0.2, -0.15) is 0 Å². The number of aliphatic imine (C=N–C) groups is 1. The summed E-state index contributed by atoms with van der Waals surface area (Å²) in [6.07, 6.45) is 2.61. The van der Waals surface area contributed by atoms with Crippen molar-refractivity contribution in [1.82, 2.24) is 25.4 Å². The highest BCUT2D eigenvalue weighted by Gasteiger charge is 2.06. The number of methoxy groups -OCH3 is 2. The summed E-state index contributed by atoms with van der Waals surface area (Å²) in [7, 11) is 3.25. The van der Waals surface area contributed by atoms with E-state index in [9.17, 15) is 0 Å². The first kappa shape index (κ1) is 24.7. The van der Waals surface area contributed by atoms with Gasteiger partial charge in [0.15, 0.2) is 17.5 Å². The Morgan fingerprint density at radius 1 is 1.21 bits per heavy atom. The average Bonchev–Trinajstić information content (AvgIpc) is 3.16. The van der Waals surface area contributed by atoms with E-state index in [1.54, 1.807) is 20.5 Å². The summed E-state index contributed by atoms with van der Waals surface area (Å²) in [5.41, 5.74) is 2.06. The van der Waals surface area contributed by atoms with E-state index in [2.05, 4.69) is 39.3 Å². The Hall–Kier alpha value is -2.30. The van der Waals surface area contributed by atoms with Crippen molar-refractivity contribution in [3.8, 4) is 11.5 Å². The van der Waals surface area contributed by atoms with Gasteiger partial charge in [-0.15, -0.1) is 34.2 Å². The molecule has 0 spiro atoms. The summed E-state index contributed by atoms with van der Waals surface area (Å²) >= 11 is 0. The SMILES string of the molecule is C=C(C)CNC(=NCc1ccc(OC)c(OC)c1)NCCn1cnnc1CC.I. The van der Waals surface area contributed by atoms with Crippen LogP contribution >= 0.6 is 24.0 Å². The molecule has 160 valence electrons. The number of halogens is 1. The van der Waals surface area contributed by atoms with E-state index in [-0.39, 0.29) is 24.0 Å². The first-order valence-electron chi connectivity index (χ1n) is 9.31. The van der Waals surface area contributed by atoms with Crippen molar-refractivity contribution in [1.29, 1.82) is 0 Å². The molecule has 0 aliphatic carbocycles. The van der Waals surface area contributed by atoms with Gasteiger partial charge in [-0.1, -0.05) is 25.1 Å². The van der Waals surface area contributed by atoms with Crippen LogP contribution in [0.25, 0.3) is 0 Å². The summed E-state index contributed by atoms with van der Waals surface area (Å²) in [5.74, 6) is 3.10. The molecular formula is C20H31IN6O2. The smallest absolute Gasteiger partial charge is 0.191 e. The number of hydrogen-bond donors (Lipinski definition) is 2. The second kappa shape index (κ2) is 13.0. The number of aryl methyl sites for hydroxylation is 1. The number of rotatable bonds is 10. The van der Waals surface area contributed by atoms with Crippen molar-refractivity contribution in [2.45, 2.75) is 33.4 Å². The van der Waals surface area contributed by atoms with E-state index < -0.39 is 0 Å². The summed E-state index contributed by atoms with van der Waals surface area (Å²) in [4.78, 5) is 4.67. The third-order valence-electron chi connectivity index (χ3n) is 4.08. The van der Waals surface area contributed by atoms with E-state index >= 15 is 0 Å². The third kappa shape index (κ3) is 7.92. The van der Waals surface area contributed by atoms with Gasteiger partial charge < -0.3 is 24.7 Å². The second-order valence-corrected chi connectivity index (χ2v) is 6.39. The molecule has 8 nitrogen and oxygen atoms in total. The molecule has 0 amide bonds. The summed E-state index contributed by atoms with van der Waals surface area (Å²) in [5, 5.41) is 14.7. The van der Waals surface area contributed by atoms with Gasteiger partial charge in [0.05, 0.1) is 20.8 Å². The van der Waals surface area contributed by atoms with E-state index in [0.717, 1.165) is 35.9 Å². The fourth-order valence-corrected chi connectivity index (χ4v) is 2.59. The molecule has 0 saturated heterocycles. The van der Waals surface area contributed by atoms with Crippen LogP contribution in [0, 0.1) is 0 Å². The molecule has 0 atom stereocenters. The Balaban J connectivity index is 0.00000420. The van der Waals surface area contributed by atoms with Crippen molar-refractivity contribution in [3.05, 3.63) is 48.1 Å². The highest BCUT2D eigenvalue weighted by molar-refractivity contribution is 14.0. The van der Waals surface area contributed by atoms with Crippen LogP contribution in [0.2, 0.25) is 0 Å². The van der Waals surface area contributed by atoms with E-state index in [1.165, 1.54) is 0 Å². The lowest BCUT2D eigenvalue weighted by Gasteiger charge is -2.14. The average molecular weight is 514 g/mol. The number of hydrogen-bond acceptors (Lipinski definition) is 5. The number of ether oxygens (including phenoxy) is 2. The van der Waals surface area contributed by atoms with E-state index in [4.69, 9.17) is 9.47 Å². The largest absolute Gasteiger partial charge is 0.493 e. The van der Waals surface area contributed by atoms with Crippen molar-refractivity contribution < 1.29 is 9.47 Å². The van der Waals surface area contributed by atoms with E-state index in [1.807, 2.05) is 29.7 Å². The normalized spacial score (nSPS) is 10.8. The van der Waals surface area contributed by atoms with Gasteiger partial charge in [-0.3, -0.25) is 0 Å². The lowest BCUT2D eigenvalue weighted by atomic mass is 10.2. The molecule has 2 rings (SSSR count). The molecule has 0 saturated carbocycles. The van der Waals surface area contributed by atoms with Gasteiger partial charge >= 0.3 is 0 Å². The Bertz CT molecular complexity index is 806. The number of aromatic nitrogens is 3. The monoisotopic (exact) mass is 514 g/mol. The number of guanidine groups is 1. The van der Waals surface area contributed by atoms with E-state index in [0.29, 0.717) is 31.1 Å². The molecule has 2 aromatic rings. The van der Waals surface area contributed by atoms with Gasteiger partial charge in [0, 0.05) is 26.1 Å². The Labute approximate surface area is 189 Å². The fraction of sp³-hybridized carbons (Fsp3) is 0.450. The lowest BCUT2D eigenvalue weighted by molar-refractivity contribution is 0.354. The van der Waals surface area contributed by atoms with Gasteiger partial charge in [-0.25, -0.2) is 4.99 Å². The molecule has 0 bridgehead atoms. The minimum atomic E-state index is 0. The fourth-order valence-electron chi connectivity index (χ4n) is 2.59. The molecular weight excluding hydrogens is 483 g/mol. The zero-order valence-electron chi connectivity index (χ0n) is 17.6. The Morgan fingerprint density at radius 3 is 2.62 bits per heavy atom. The zero-order chi connectivity index (χ0) is 20.4. The summed E-state index contributed by atoms with van der Waals surface area (Å²) in [6, 6.07) is 5.80. The lowest BCUT2D eigenvalue weighted by Crippen LogP contribution is -2.39. The van der Waals surface area contributed by atoms with Crippen LogP contribution < -0.4 is 20.1 Å². The van der Waals surface area contributed by atoms with Crippen molar-refractivity contribution in [3.63, 3.8) is 0 Å². The number of nitrogens with zero attached hydrogens (tertiary/aromatic N) is 4.